The Labute approximate surface area is 184 Å². The van der Waals surface area contributed by atoms with Gasteiger partial charge in [-0.15, -0.1) is 11.3 Å². The summed E-state index contributed by atoms with van der Waals surface area (Å²) in [4.78, 5) is 25.7. The molecule has 3 aromatic rings. The van der Waals surface area contributed by atoms with E-state index >= 15 is 0 Å². The van der Waals surface area contributed by atoms with Crippen molar-refractivity contribution >= 4 is 43.3 Å². The van der Waals surface area contributed by atoms with Gasteiger partial charge in [-0.2, -0.15) is 5.10 Å². The maximum absolute atomic E-state index is 12.5. The van der Waals surface area contributed by atoms with Crippen molar-refractivity contribution < 1.29 is 22.7 Å². The maximum atomic E-state index is 12.5. The molecule has 1 aliphatic heterocycles. The number of aryl methyl sites for hydroxylation is 2. The van der Waals surface area contributed by atoms with Crippen LogP contribution >= 0.6 is 11.3 Å². The van der Waals surface area contributed by atoms with E-state index in [4.69, 9.17) is 4.74 Å². The molecule has 0 saturated carbocycles. The van der Waals surface area contributed by atoms with E-state index in [0.717, 1.165) is 21.5 Å². The summed E-state index contributed by atoms with van der Waals surface area (Å²) in [6.07, 6.45) is 0.384. The molecule has 0 radical (unpaired) electrons. The van der Waals surface area contributed by atoms with Crippen molar-refractivity contribution in [3.8, 4) is 0 Å². The standard InChI is InChI=1S/C21H23N3O5S2/c1-13-3-5-15(6-4-13)10-24-20-17(14(2)23-24)9-18(30-20)21(26)29-11-19(25)22-16-7-8-31(27,28)12-16/h3-6,9,16H,7-8,10-12H2,1-2H3,(H,22,25). The van der Waals surface area contributed by atoms with Gasteiger partial charge in [-0.05, 0) is 31.9 Å². The van der Waals surface area contributed by atoms with Crippen LogP contribution in [0.5, 0.6) is 0 Å². The van der Waals surface area contributed by atoms with E-state index in [-0.39, 0.29) is 11.5 Å². The van der Waals surface area contributed by atoms with Gasteiger partial charge in [0.15, 0.2) is 16.4 Å². The van der Waals surface area contributed by atoms with Gasteiger partial charge in [-0.25, -0.2) is 13.2 Å². The van der Waals surface area contributed by atoms with E-state index in [9.17, 15) is 18.0 Å². The smallest absolute Gasteiger partial charge is 0.348 e. The number of hydrogen-bond acceptors (Lipinski definition) is 7. The van der Waals surface area contributed by atoms with E-state index in [0.29, 0.717) is 17.8 Å². The molecule has 2 aromatic heterocycles. The molecule has 0 aliphatic carbocycles. The monoisotopic (exact) mass is 461 g/mol. The first-order chi connectivity index (χ1) is 14.7. The first kappa shape index (κ1) is 21.5. The van der Waals surface area contributed by atoms with Gasteiger partial charge in [-0.1, -0.05) is 29.8 Å². The maximum Gasteiger partial charge on any atom is 0.348 e. The lowest BCUT2D eigenvalue weighted by Crippen LogP contribution is -2.38. The number of carbonyl (C=O) groups is 2. The van der Waals surface area contributed by atoms with Crippen molar-refractivity contribution in [3.63, 3.8) is 0 Å². The van der Waals surface area contributed by atoms with Crippen LogP contribution in [0.4, 0.5) is 0 Å². The fraction of sp³-hybridized carbons (Fsp3) is 0.381. The van der Waals surface area contributed by atoms with Crippen LogP contribution in [0.3, 0.4) is 0 Å². The second-order valence-electron chi connectivity index (χ2n) is 7.80. The normalized spacial score (nSPS) is 17.7. The highest BCUT2D eigenvalue weighted by Crippen LogP contribution is 2.29. The van der Waals surface area contributed by atoms with E-state index in [2.05, 4.69) is 22.5 Å². The van der Waals surface area contributed by atoms with Crippen molar-refractivity contribution in [2.75, 3.05) is 18.1 Å². The van der Waals surface area contributed by atoms with Gasteiger partial charge in [0.25, 0.3) is 5.91 Å². The van der Waals surface area contributed by atoms with Gasteiger partial charge in [0.2, 0.25) is 0 Å². The summed E-state index contributed by atoms with van der Waals surface area (Å²) in [5.41, 5.74) is 3.11. The number of benzene rings is 1. The Balaban J connectivity index is 1.40. The minimum Gasteiger partial charge on any atom is -0.451 e. The number of fused-ring (bicyclic) bond motifs is 1. The Hall–Kier alpha value is -2.72. The zero-order valence-corrected chi connectivity index (χ0v) is 18.9. The Kier molecular flexibility index (Phi) is 5.85. The van der Waals surface area contributed by atoms with Crippen LogP contribution < -0.4 is 5.32 Å². The molecule has 1 unspecified atom stereocenters. The number of ether oxygens (including phenoxy) is 1. The number of hydrogen-bond donors (Lipinski definition) is 1. The Bertz CT molecular complexity index is 1240. The lowest BCUT2D eigenvalue weighted by molar-refractivity contribution is -0.124. The molecule has 1 aliphatic rings. The molecule has 1 aromatic carbocycles. The van der Waals surface area contributed by atoms with Crippen molar-refractivity contribution in [1.82, 2.24) is 15.1 Å². The van der Waals surface area contributed by atoms with Crippen molar-refractivity contribution in [3.05, 3.63) is 52.0 Å². The molecule has 164 valence electrons. The largest absolute Gasteiger partial charge is 0.451 e. The molecule has 4 rings (SSSR count). The molecule has 3 heterocycles. The molecule has 31 heavy (non-hydrogen) atoms. The van der Waals surface area contributed by atoms with Gasteiger partial charge >= 0.3 is 5.97 Å². The predicted molar refractivity (Wildman–Crippen MR) is 118 cm³/mol. The Morgan fingerprint density at radius 3 is 2.68 bits per heavy atom. The fourth-order valence-electron chi connectivity index (χ4n) is 3.57. The molecule has 0 spiro atoms. The van der Waals surface area contributed by atoms with Gasteiger partial charge in [0.1, 0.15) is 9.71 Å². The summed E-state index contributed by atoms with van der Waals surface area (Å²) in [6, 6.07) is 9.51. The number of carbonyl (C=O) groups excluding carboxylic acids is 2. The zero-order valence-electron chi connectivity index (χ0n) is 17.3. The van der Waals surface area contributed by atoms with E-state index in [1.165, 1.54) is 16.9 Å². The summed E-state index contributed by atoms with van der Waals surface area (Å²) in [5.74, 6) is -1.09. The second-order valence-corrected chi connectivity index (χ2v) is 11.1. The van der Waals surface area contributed by atoms with Crippen molar-refractivity contribution in [2.24, 2.45) is 0 Å². The van der Waals surface area contributed by atoms with Crippen molar-refractivity contribution in [2.45, 2.75) is 32.9 Å². The van der Waals surface area contributed by atoms with Crippen LogP contribution in [-0.4, -0.2) is 54.2 Å². The summed E-state index contributed by atoms with van der Waals surface area (Å²) >= 11 is 1.27. The number of nitrogens with one attached hydrogen (secondary N) is 1. The zero-order chi connectivity index (χ0) is 22.2. The molecule has 10 heteroatoms. The highest BCUT2D eigenvalue weighted by molar-refractivity contribution is 7.91. The van der Waals surface area contributed by atoms with Gasteiger partial charge in [0, 0.05) is 11.4 Å². The molecule has 0 bridgehead atoms. The van der Waals surface area contributed by atoms with Crippen LogP contribution in [0.25, 0.3) is 10.2 Å². The lowest BCUT2D eigenvalue weighted by atomic mass is 10.1. The molecule has 1 saturated heterocycles. The van der Waals surface area contributed by atoms with Gasteiger partial charge in [-0.3, -0.25) is 9.48 Å². The molecule has 1 fully saturated rings. The van der Waals surface area contributed by atoms with E-state index < -0.39 is 34.4 Å². The van der Waals surface area contributed by atoms with Gasteiger partial charge in [0.05, 0.1) is 23.7 Å². The first-order valence-corrected chi connectivity index (χ1v) is 12.5. The highest BCUT2D eigenvalue weighted by atomic mass is 32.2. The Morgan fingerprint density at radius 2 is 2.00 bits per heavy atom. The van der Waals surface area contributed by atoms with Crippen LogP contribution in [0.2, 0.25) is 0 Å². The van der Waals surface area contributed by atoms with Crippen molar-refractivity contribution in [1.29, 1.82) is 0 Å². The average molecular weight is 462 g/mol. The summed E-state index contributed by atoms with van der Waals surface area (Å²) in [6.45, 7) is 4.07. The lowest BCUT2D eigenvalue weighted by Gasteiger charge is -2.10. The van der Waals surface area contributed by atoms with Crippen LogP contribution in [0.1, 0.15) is 32.9 Å². The first-order valence-electron chi connectivity index (χ1n) is 9.89. The van der Waals surface area contributed by atoms with E-state index in [1.54, 1.807) is 6.07 Å². The minimum absolute atomic E-state index is 0.0679. The second kappa shape index (κ2) is 8.43. The number of sulfone groups is 1. The van der Waals surface area contributed by atoms with E-state index in [1.807, 2.05) is 30.7 Å². The number of amides is 1. The molecule has 1 N–H and O–H groups in total. The third-order valence-corrected chi connectivity index (χ3v) is 8.09. The Morgan fingerprint density at radius 1 is 1.26 bits per heavy atom. The SMILES string of the molecule is Cc1ccc(Cn2nc(C)c3cc(C(=O)OCC(=O)NC4CCS(=O)(=O)C4)sc32)cc1. The topological polar surface area (TPSA) is 107 Å². The fourth-order valence-corrected chi connectivity index (χ4v) is 6.30. The minimum atomic E-state index is -3.09. The number of nitrogens with zero attached hydrogens (tertiary/aromatic N) is 2. The molecule has 1 atom stereocenters. The van der Waals surface area contributed by atoms with Crippen LogP contribution in [-0.2, 0) is 25.9 Å². The molecular formula is C21H23N3O5S2. The van der Waals surface area contributed by atoms with Crippen LogP contribution in [0.15, 0.2) is 30.3 Å². The number of esters is 1. The number of thiophene rings is 1. The van der Waals surface area contributed by atoms with Crippen LogP contribution in [0, 0.1) is 13.8 Å². The highest BCUT2D eigenvalue weighted by Gasteiger charge is 2.29. The average Bonchev–Trinajstić information content (AvgIpc) is 3.37. The summed E-state index contributed by atoms with van der Waals surface area (Å²) in [5, 5.41) is 8.06. The van der Waals surface area contributed by atoms with Gasteiger partial charge < -0.3 is 10.1 Å². The predicted octanol–water partition coefficient (Wildman–Crippen LogP) is 2.22. The number of aromatic nitrogens is 2. The number of rotatable bonds is 6. The summed E-state index contributed by atoms with van der Waals surface area (Å²) in [7, 11) is -3.09. The molecule has 8 nitrogen and oxygen atoms in total. The molecular weight excluding hydrogens is 438 g/mol. The molecule has 1 amide bonds. The third-order valence-electron chi connectivity index (χ3n) is 5.19. The quantitative estimate of drug-likeness (QED) is 0.564. The summed E-state index contributed by atoms with van der Waals surface area (Å²) < 4.78 is 30.0. The third kappa shape index (κ3) is 4.96.